The number of ether oxygens (including phenoxy) is 1. The molecule has 3 aromatic heterocycles. The molecule has 4 rings (SSSR count). The van der Waals surface area contributed by atoms with Crippen molar-refractivity contribution < 1.29 is 13.7 Å². The van der Waals surface area contributed by atoms with E-state index >= 15 is 0 Å². The second-order valence-corrected chi connectivity index (χ2v) is 5.02. The predicted molar refractivity (Wildman–Crippen MR) is 85.6 cm³/mol. The fraction of sp³-hybridized carbons (Fsp3) is 0.0588. The third-order valence-corrected chi connectivity index (χ3v) is 3.52. The summed E-state index contributed by atoms with van der Waals surface area (Å²) in [5.74, 6) is 1.10. The zero-order valence-electron chi connectivity index (χ0n) is 12.6. The Bertz CT molecular complexity index is 1070. The van der Waals surface area contributed by atoms with Gasteiger partial charge in [0.25, 0.3) is 5.89 Å². The summed E-state index contributed by atoms with van der Waals surface area (Å²) in [6, 6.07) is 10.4. The maximum Gasteiger partial charge on any atom is 0.349 e. The van der Waals surface area contributed by atoms with E-state index in [2.05, 4.69) is 15.1 Å². The smallest absolute Gasteiger partial charge is 0.349 e. The first kappa shape index (κ1) is 14.1. The van der Waals surface area contributed by atoms with Gasteiger partial charge in [-0.15, -0.1) is 0 Å². The molecule has 0 radical (unpaired) electrons. The van der Waals surface area contributed by atoms with Crippen LogP contribution in [0.1, 0.15) is 0 Å². The average Bonchev–Trinajstić information content (AvgIpc) is 3.11. The van der Waals surface area contributed by atoms with Crippen LogP contribution in [0.4, 0.5) is 0 Å². The second kappa shape index (κ2) is 5.62. The molecule has 7 heteroatoms. The number of hydrogen-bond acceptors (Lipinski definition) is 7. The normalized spacial score (nSPS) is 10.9. The van der Waals surface area contributed by atoms with Gasteiger partial charge in [-0.25, -0.2) is 4.79 Å². The Kier molecular flexibility index (Phi) is 3.31. The summed E-state index contributed by atoms with van der Waals surface area (Å²) < 4.78 is 15.7. The van der Waals surface area contributed by atoms with E-state index in [0.29, 0.717) is 28.1 Å². The Morgan fingerprint density at radius 1 is 1.17 bits per heavy atom. The SMILES string of the molecule is COc1ccc2oc(=O)c(-c3nc(-c4cccnc4)no3)cc2c1. The van der Waals surface area contributed by atoms with Crippen molar-refractivity contribution in [2.75, 3.05) is 7.11 Å². The number of hydrogen-bond donors (Lipinski definition) is 0. The van der Waals surface area contributed by atoms with E-state index in [9.17, 15) is 4.79 Å². The molecule has 0 aliphatic rings. The van der Waals surface area contributed by atoms with Crippen LogP contribution in [-0.4, -0.2) is 22.2 Å². The lowest BCUT2D eigenvalue weighted by Crippen LogP contribution is -2.03. The van der Waals surface area contributed by atoms with Crippen molar-refractivity contribution in [3.8, 4) is 28.6 Å². The third kappa shape index (κ3) is 2.41. The van der Waals surface area contributed by atoms with E-state index in [0.717, 1.165) is 0 Å². The molecule has 1 aromatic carbocycles. The largest absolute Gasteiger partial charge is 0.497 e. The molecule has 0 unspecified atom stereocenters. The zero-order valence-corrected chi connectivity index (χ0v) is 12.6. The van der Waals surface area contributed by atoms with Crippen LogP contribution in [0.25, 0.3) is 33.8 Å². The van der Waals surface area contributed by atoms with Crippen LogP contribution in [0.2, 0.25) is 0 Å². The Labute approximate surface area is 135 Å². The molecule has 4 aromatic rings. The van der Waals surface area contributed by atoms with Crippen LogP contribution in [0, 0.1) is 0 Å². The van der Waals surface area contributed by atoms with Crippen molar-refractivity contribution in [2.45, 2.75) is 0 Å². The van der Waals surface area contributed by atoms with Gasteiger partial charge in [0.2, 0.25) is 5.82 Å². The van der Waals surface area contributed by atoms with Crippen LogP contribution in [-0.2, 0) is 0 Å². The van der Waals surface area contributed by atoms with Gasteiger partial charge in [0, 0.05) is 23.3 Å². The third-order valence-electron chi connectivity index (χ3n) is 3.52. The molecule has 0 bridgehead atoms. The van der Waals surface area contributed by atoms with E-state index in [1.807, 2.05) is 0 Å². The average molecular weight is 321 g/mol. The maximum absolute atomic E-state index is 12.2. The first-order valence-electron chi connectivity index (χ1n) is 7.11. The Morgan fingerprint density at radius 3 is 2.88 bits per heavy atom. The molecule has 24 heavy (non-hydrogen) atoms. The molecule has 0 saturated heterocycles. The summed E-state index contributed by atoms with van der Waals surface area (Å²) in [6.45, 7) is 0. The van der Waals surface area contributed by atoms with Gasteiger partial charge in [-0.05, 0) is 36.4 Å². The van der Waals surface area contributed by atoms with Gasteiger partial charge in [0.15, 0.2) is 0 Å². The lowest BCUT2D eigenvalue weighted by molar-refractivity contribution is 0.415. The highest BCUT2D eigenvalue weighted by atomic mass is 16.5. The topological polar surface area (TPSA) is 91.2 Å². The fourth-order valence-electron chi connectivity index (χ4n) is 2.32. The van der Waals surface area contributed by atoms with Crippen molar-refractivity contribution in [1.29, 1.82) is 0 Å². The Hall–Kier alpha value is -3.48. The van der Waals surface area contributed by atoms with Gasteiger partial charge in [-0.2, -0.15) is 4.98 Å². The van der Waals surface area contributed by atoms with Gasteiger partial charge < -0.3 is 13.7 Å². The minimum atomic E-state index is -0.547. The highest BCUT2D eigenvalue weighted by molar-refractivity contribution is 5.81. The van der Waals surface area contributed by atoms with E-state index in [1.165, 1.54) is 0 Å². The molecular formula is C17H11N3O4. The summed E-state index contributed by atoms with van der Waals surface area (Å²) >= 11 is 0. The fourth-order valence-corrected chi connectivity index (χ4v) is 2.32. The van der Waals surface area contributed by atoms with Crippen molar-refractivity contribution in [3.63, 3.8) is 0 Å². The molecule has 3 heterocycles. The molecule has 0 aliphatic heterocycles. The van der Waals surface area contributed by atoms with Crippen LogP contribution in [0.3, 0.4) is 0 Å². The maximum atomic E-state index is 12.2. The first-order chi connectivity index (χ1) is 11.7. The van der Waals surface area contributed by atoms with Crippen molar-refractivity contribution in [3.05, 3.63) is 59.2 Å². The molecular weight excluding hydrogens is 310 g/mol. The molecule has 7 nitrogen and oxygen atoms in total. The van der Waals surface area contributed by atoms with E-state index in [-0.39, 0.29) is 11.5 Å². The number of aromatic nitrogens is 3. The summed E-state index contributed by atoms with van der Waals surface area (Å²) in [5, 5.41) is 4.59. The van der Waals surface area contributed by atoms with Gasteiger partial charge in [-0.1, -0.05) is 5.16 Å². The minimum Gasteiger partial charge on any atom is -0.497 e. The molecule has 118 valence electrons. The quantitative estimate of drug-likeness (QED) is 0.536. The summed E-state index contributed by atoms with van der Waals surface area (Å²) in [6.07, 6.45) is 3.26. The molecule has 0 spiro atoms. The molecule has 0 amide bonds. The van der Waals surface area contributed by atoms with Crippen LogP contribution in [0.5, 0.6) is 5.75 Å². The monoisotopic (exact) mass is 321 g/mol. The van der Waals surface area contributed by atoms with Gasteiger partial charge in [0.1, 0.15) is 16.9 Å². The van der Waals surface area contributed by atoms with Crippen molar-refractivity contribution in [2.24, 2.45) is 0 Å². The zero-order chi connectivity index (χ0) is 16.5. The Morgan fingerprint density at radius 2 is 2.08 bits per heavy atom. The molecule has 0 saturated carbocycles. The summed E-state index contributed by atoms with van der Waals surface area (Å²) in [7, 11) is 1.57. The lowest BCUT2D eigenvalue weighted by Gasteiger charge is -2.02. The molecule has 0 fully saturated rings. The Balaban J connectivity index is 1.83. The van der Waals surface area contributed by atoms with Crippen LogP contribution >= 0.6 is 0 Å². The second-order valence-electron chi connectivity index (χ2n) is 5.02. The standard InChI is InChI=1S/C17H11N3O4/c1-22-12-4-5-14-11(7-12)8-13(17(21)23-14)16-19-15(20-24-16)10-3-2-6-18-9-10/h2-9H,1H3. The van der Waals surface area contributed by atoms with E-state index < -0.39 is 5.63 Å². The molecule has 0 N–H and O–H groups in total. The van der Waals surface area contributed by atoms with Crippen molar-refractivity contribution in [1.82, 2.24) is 15.1 Å². The first-order valence-corrected chi connectivity index (χ1v) is 7.11. The summed E-state index contributed by atoms with van der Waals surface area (Å²) in [5.41, 5.74) is 0.795. The molecule has 0 aliphatic carbocycles. The number of methoxy groups -OCH3 is 1. The van der Waals surface area contributed by atoms with Gasteiger partial charge in [0.05, 0.1) is 7.11 Å². The summed E-state index contributed by atoms with van der Waals surface area (Å²) in [4.78, 5) is 20.5. The predicted octanol–water partition coefficient (Wildman–Crippen LogP) is 2.91. The van der Waals surface area contributed by atoms with Gasteiger partial charge >= 0.3 is 5.63 Å². The van der Waals surface area contributed by atoms with Crippen LogP contribution < -0.4 is 10.4 Å². The minimum absolute atomic E-state index is 0.0901. The number of fused-ring (bicyclic) bond motifs is 1. The number of benzene rings is 1. The highest BCUT2D eigenvalue weighted by Gasteiger charge is 2.16. The highest BCUT2D eigenvalue weighted by Crippen LogP contribution is 2.25. The van der Waals surface area contributed by atoms with Crippen LogP contribution in [0.15, 0.2) is 62.5 Å². The number of rotatable bonds is 3. The lowest BCUT2D eigenvalue weighted by atomic mass is 10.2. The number of pyridine rings is 1. The van der Waals surface area contributed by atoms with E-state index in [1.54, 1.807) is 55.9 Å². The van der Waals surface area contributed by atoms with E-state index in [4.69, 9.17) is 13.7 Å². The molecule has 0 atom stereocenters. The van der Waals surface area contributed by atoms with Gasteiger partial charge in [-0.3, -0.25) is 4.98 Å². The number of nitrogens with zero attached hydrogens (tertiary/aromatic N) is 3. The van der Waals surface area contributed by atoms with Crippen molar-refractivity contribution >= 4 is 11.0 Å².